The molecule has 0 spiro atoms. The van der Waals surface area contributed by atoms with Gasteiger partial charge in [-0.25, -0.2) is 5.09 Å². The second-order valence-corrected chi connectivity index (χ2v) is 13.0. The molecule has 218 valence electrons. The van der Waals surface area contributed by atoms with E-state index < -0.39 is 19.5 Å². The summed E-state index contributed by atoms with van der Waals surface area (Å²) in [4.78, 5) is 15.4. The van der Waals surface area contributed by atoms with E-state index in [2.05, 4.69) is 21.5 Å². The number of nitrogens with one attached hydrogen (secondary N) is 3. The lowest BCUT2D eigenvalue weighted by atomic mass is 9.93. The van der Waals surface area contributed by atoms with Crippen LogP contribution in [0.15, 0.2) is 54.7 Å². The Balaban J connectivity index is 1.25. The summed E-state index contributed by atoms with van der Waals surface area (Å²) < 4.78 is 25.1. The number of aliphatic carboxylic acids is 1. The van der Waals surface area contributed by atoms with Crippen molar-refractivity contribution in [3.8, 4) is 5.75 Å². The average molecular weight is 570 g/mol. The third-order valence-electron chi connectivity index (χ3n) is 7.66. The van der Waals surface area contributed by atoms with Crippen molar-refractivity contribution >= 4 is 24.4 Å². The molecule has 9 heteroatoms. The van der Waals surface area contributed by atoms with Gasteiger partial charge in [-0.05, 0) is 100 Å². The second kappa shape index (κ2) is 15.4. The van der Waals surface area contributed by atoms with Crippen LogP contribution >= 0.6 is 7.52 Å². The molecule has 0 saturated carbocycles. The normalized spacial score (nSPS) is 16.5. The Morgan fingerprint density at radius 2 is 1.88 bits per heavy atom. The molecule has 2 aromatic carbocycles. The van der Waals surface area contributed by atoms with Crippen molar-refractivity contribution in [2.24, 2.45) is 5.92 Å². The first-order valence-electron chi connectivity index (χ1n) is 14.7. The minimum atomic E-state index is -3.36. The zero-order chi connectivity index (χ0) is 28.2. The Hall–Kier alpha value is -2.64. The fraction of sp³-hybridized carbons (Fsp3) is 0.516. The van der Waals surface area contributed by atoms with Gasteiger partial charge in [-0.15, -0.1) is 0 Å². The number of para-hydroxylation sites is 1. The molecule has 3 aromatic rings. The Labute approximate surface area is 237 Å². The van der Waals surface area contributed by atoms with Gasteiger partial charge in [-0.1, -0.05) is 36.8 Å². The number of aromatic amines is 1. The number of fused-ring (bicyclic) bond motifs is 1. The molecular formula is C31H44N3O5P. The largest absolute Gasteiger partial charge is 0.494 e. The van der Waals surface area contributed by atoms with Crippen molar-refractivity contribution in [2.45, 2.75) is 64.3 Å². The van der Waals surface area contributed by atoms with Crippen LogP contribution in [0.25, 0.3) is 10.9 Å². The van der Waals surface area contributed by atoms with Gasteiger partial charge < -0.3 is 24.7 Å². The maximum absolute atomic E-state index is 13.6. The molecule has 0 bridgehead atoms. The summed E-state index contributed by atoms with van der Waals surface area (Å²) in [6, 6.07) is 14.6. The van der Waals surface area contributed by atoms with Gasteiger partial charge in [0.15, 0.2) is 0 Å². The predicted octanol–water partition coefficient (Wildman–Crippen LogP) is 6.16. The van der Waals surface area contributed by atoms with Crippen molar-refractivity contribution in [2.75, 3.05) is 32.5 Å². The van der Waals surface area contributed by atoms with Crippen LogP contribution in [0.1, 0.15) is 56.6 Å². The molecule has 0 aliphatic carbocycles. The van der Waals surface area contributed by atoms with Crippen molar-refractivity contribution in [3.05, 3.63) is 65.9 Å². The second-order valence-electron chi connectivity index (χ2n) is 10.7. The van der Waals surface area contributed by atoms with Crippen molar-refractivity contribution < 1.29 is 23.7 Å². The molecule has 1 fully saturated rings. The zero-order valence-electron chi connectivity index (χ0n) is 23.6. The van der Waals surface area contributed by atoms with Gasteiger partial charge in [-0.2, -0.15) is 0 Å². The van der Waals surface area contributed by atoms with E-state index >= 15 is 0 Å². The van der Waals surface area contributed by atoms with Crippen LogP contribution in [0.5, 0.6) is 5.75 Å². The highest BCUT2D eigenvalue weighted by molar-refractivity contribution is 7.56. The van der Waals surface area contributed by atoms with Gasteiger partial charge in [-0.3, -0.25) is 9.36 Å². The van der Waals surface area contributed by atoms with E-state index in [0.29, 0.717) is 13.0 Å². The zero-order valence-corrected chi connectivity index (χ0v) is 24.5. The molecule has 4 N–H and O–H groups in total. The molecule has 4 rings (SSSR count). The molecule has 40 heavy (non-hydrogen) atoms. The Bertz CT molecular complexity index is 1240. The number of carbonyl (C=O) groups is 1. The van der Waals surface area contributed by atoms with Crippen LogP contribution in [0, 0.1) is 5.92 Å². The Morgan fingerprint density at radius 3 is 2.62 bits per heavy atom. The molecule has 1 saturated heterocycles. The number of benzene rings is 2. The summed E-state index contributed by atoms with van der Waals surface area (Å²) in [5.74, 6) is 0.571. The number of H-pyrrole nitrogens is 1. The van der Waals surface area contributed by atoms with Crippen molar-refractivity contribution in [3.63, 3.8) is 0 Å². The van der Waals surface area contributed by atoms with E-state index in [9.17, 15) is 14.5 Å². The summed E-state index contributed by atoms with van der Waals surface area (Å²) in [6.45, 7) is 4.98. The number of aryl methyl sites for hydroxylation is 1. The molecule has 2 heterocycles. The fourth-order valence-electron chi connectivity index (χ4n) is 5.47. The van der Waals surface area contributed by atoms with Gasteiger partial charge >= 0.3 is 5.97 Å². The van der Waals surface area contributed by atoms with Crippen LogP contribution in [-0.2, 0) is 26.7 Å². The molecule has 0 amide bonds. The van der Waals surface area contributed by atoms with Crippen LogP contribution in [0.2, 0.25) is 0 Å². The number of carboxylic acids is 1. The van der Waals surface area contributed by atoms with Crippen LogP contribution in [0.4, 0.5) is 0 Å². The SMILES string of the molecule is CCOP(=O)(CCCc1c[nH]c2ccccc12)NC(Cc1ccc(OCCCCC2CCNCC2)cc1)C(=O)O. The summed E-state index contributed by atoms with van der Waals surface area (Å²) >= 11 is 0. The molecular weight excluding hydrogens is 525 g/mol. The number of ether oxygens (including phenoxy) is 1. The molecule has 1 aliphatic heterocycles. The summed E-state index contributed by atoms with van der Waals surface area (Å²) in [5, 5.41) is 17.3. The number of hydrogen-bond donors (Lipinski definition) is 4. The molecule has 1 aromatic heterocycles. The van der Waals surface area contributed by atoms with Gasteiger partial charge in [0.1, 0.15) is 11.8 Å². The van der Waals surface area contributed by atoms with E-state index in [1.807, 2.05) is 48.7 Å². The van der Waals surface area contributed by atoms with Crippen LogP contribution in [0.3, 0.4) is 0 Å². The number of hydrogen-bond acceptors (Lipinski definition) is 5. The van der Waals surface area contributed by atoms with Crippen LogP contribution < -0.4 is 15.1 Å². The van der Waals surface area contributed by atoms with E-state index in [0.717, 1.165) is 59.6 Å². The van der Waals surface area contributed by atoms with Gasteiger partial charge in [0.05, 0.1) is 13.2 Å². The van der Waals surface area contributed by atoms with E-state index in [1.54, 1.807) is 6.92 Å². The number of unbranched alkanes of at least 4 members (excludes halogenated alkanes) is 1. The molecule has 8 nitrogen and oxygen atoms in total. The first kappa shape index (κ1) is 30.3. The quantitative estimate of drug-likeness (QED) is 0.114. The number of aromatic nitrogens is 1. The minimum absolute atomic E-state index is 0.200. The lowest BCUT2D eigenvalue weighted by Gasteiger charge is -2.23. The predicted molar refractivity (Wildman–Crippen MR) is 160 cm³/mol. The first-order valence-corrected chi connectivity index (χ1v) is 16.5. The summed E-state index contributed by atoms with van der Waals surface area (Å²) in [6.07, 6.45) is 9.80. The highest BCUT2D eigenvalue weighted by Gasteiger charge is 2.30. The maximum atomic E-state index is 13.6. The standard InChI is InChI=1S/C31H44N3O5P/c1-2-39-40(37,21-7-9-26-23-33-29-11-4-3-10-28(26)29)34-30(31(35)36)22-25-12-14-27(15-13-25)38-20-6-5-8-24-16-18-32-19-17-24/h3-4,10-15,23-24,30,32-33H,2,5-9,16-22H2,1H3,(H,34,37)(H,35,36). The number of piperidine rings is 1. The molecule has 0 radical (unpaired) electrons. The van der Waals surface area contributed by atoms with E-state index in [4.69, 9.17) is 9.26 Å². The smallest absolute Gasteiger partial charge is 0.321 e. The molecule has 2 atom stereocenters. The summed E-state index contributed by atoms with van der Waals surface area (Å²) in [7, 11) is -3.36. The molecule has 1 aliphatic rings. The third-order valence-corrected chi connectivity index (χ3v) is 9.94. The Kier molecular flexibility index (Phi) is 11.7. The lowest BCUT2D eigenvalue weighted by molar-refractivity contribution is -0.139. The third kappa shape index (κ3) is 9.20. The topological polar surface area (TPSA) is 113 Å². The van der Waals surface area contributed by atoms with Crippen molar-refractivity contribution in [1.29, 1.82) is 0 Å². The first-order chi connectivity index (χ1) is 19.5. The van der Waals surface area contributed by atoms with Gasteiger partial charge in [0.25, 0.3) is 7.52 Å². The monoisotopic (exact) mass is 569 g/mol. The maximum Gasteiger partial charge on any atom is 0.321 e. The van der Waals surface area contributed by atoms with E-state index in [-0.39, 0.29) is 19.2 Å². The van der Waals surface area contributed by atoms with Crippen molar-refractivity contribution in [1.82, 2.24) is 15.4 Å². The highest BCUT2D eigenvalue weighted by atomic mass is 31.2. The lowest BCUT2D eigenvalue weighted by Crippen LogP contribution is -2.37. The van der Waals surface area contributed by atoms with E-state index in [1.165, 1.54) is 25.7 Å². The highest BCUT2D eigenvalue weighted by Crippen LogP contribution is 2.44. The Morgan fingerprint density at radius 1 is 1.10 bits per heavy atom. The molecule has 2 unspecified atom stereocenters. The minimum Gasteiger partial charge on any atom is -0.494 e. The summed E-state index contributed by atoms with van der Waals surface area (Å²) in [5.41, 5.74) is 3.05. The van der Waals surface area contributed by atoms with Crippen LogP contribution in [-0.4, -0.2) is 54.6 Å². The number of rotatable bonds is 17. The average Bonchev–Trinajstić information content (AvgIpc) is 3.37. The number of carboxylic acid groups (broad SMARTS) is 1. The fourth-order valence-corrected chi connectivity index (χ4v) is 7.47. The van der Waals surface area contributed by atoms with Gasteiger partial charge in [0, 0.05) is 23.3 Å². The van der Waals surface area contributed by atoms with Gasteiger partial charge in [0.2, 0.25) is 0 Å².